The fourth-order valence-electron chi connectivity index (χ4n) is 1.38. The van der Waals surface area contributed by atoms with Gasteiger partial charge in [0, 0.05) is 18.0 Å². The number of hydrogen-bond donors (Lipinski definition) is 1. The number of hydrogen-bond acceptors (Lipinski definition) is 1. The van der Waals surface area contributed by atoms with Gasteiger partial charge in [-0.25, -0.2) is 0 Å². The second-order valence-corrected chi connectivity index (χ2v) is 4.16. The third-order valence-electron chi connectivity index (χ3n) is 2.60. The number of amides is 1. The first-order valence-corrected chi connectivity index (χ1v) is 5.78. The molecule has 1 aromatic carbocycles. The van der Waals surface area contributed by atoms with E-state index in [1.165, 1.54) is 18.9 Å². The summed E-state index contributed by atoms with van der Waals surface area (Å²) in [5.74, 6) is 6.85. The van der Waals surface area contributed by atoms with Crippen molar-refractivity contribution in [2.75, 3.05) is 0 Å². The maximum atomic E-state index is 11.0. The molecule has 1 aliphatic rings. The summed E-state index contributed by atoms with van der Waals surface area (Å²) in [6, 6.07) is 7.95. The van der Waals surface area contributed by atoms with Crippen LogP contribution in [0.2, 0.25) is 0 Å². The van der Waals surface area contributed by atoms with Crippen molar-refractivity contribution < 1.29 is 4.79 Å². The van der Waals surface area contributed by atoms with Gasteiger partial charge in [0.05, 0.1) is 0 Å². The Hall–Kier alpha value is -2.01. The van der Waals surface area contributed by atoms with Crippen molar-refractivity contribution in [1.29, 1.82) is 0 Å². The van der Waals surface area contributed by atoms with Crippen LogP contribution in [0.3, 0.4) is 0 Å². The molecule has 1 aliphatic carbocycles. The van der Waals surface area contributed by atoms with Crippen LogP contribution in [0.25, 0.3) is 0 Å². The molecule has 2 rings (SSSR count). The van der Waals surface area contributed by atoms with Gasteiger partial charge >= 0.3 is 0 Å². The van der Waals surface area contributed by atoms with Crippen LogP contribution in [0.5, 0.6) is 0 Å². The van der Waals surface area contributed by atoms with E-state index in [1.807, 2.05) is 24.3 Å². The largest absolute Gasteiger partial charge is 0.348 e. The van der Waals surface area contributed by atoms with Crippen molar-refractivity contribution in [2.45, 2.75) is 19.4 Å². The Morgan fingerprint density at radius 2 is 2.12 bits per heavy atom. The monoisotopic (exact) mass is 225 g/mol. The lowest BCUT2D eigenvalue weighted by atomic mass is 10.1. The van der Waals surface area contributed by atoms with E-state index < -0.39 is 0 Å². The van der Waals surface area contributed by atoms with Crippen LogP contribution >= 0.6 is 0 Å². The molecule has 1 amide bonds. The SMILES string of the molecule is C=CC(=O)NCc1ccc(C#CC2CC2)cc1. The molecular weight excluding hydrogens is 210 g/mol. The molecule has 0 aliphatic heterocycles. The number of nitrogens with one attached hydrogen (secondary N) is 1. The summed E-state index contributed by atoms with van der Waals surface area (Å²) in [6.07, 6.45) is 3.77. The van der Waals surface area contributed by atoms with Gasteiger partial charge < -0.3 is 5.32 Å². The first kappa shape index (κ1) is 11.5. The van der Waals surface area contributed by atoms with Gasteiger partial charge in [0.2, 0.25) is 5.91 Å². The van der Waals surface area contributed by atoms with E-state index in [4.69, 9.17) is 0 Å². The highest BCUT2D eigenvalue weighted by atomic mass is 16.1. The van der Waals surface area contributed by atoms with E-state index in [0.29, 0.717) is 12.5 Å². The number of carbonyl (C=O) groups excluding carboxylic acids is 1. The molecule has 0 aromatic heterocycles. The van der Waals surface area contributed by atoms with Gasteiger partial charge in [-0.05, 0) is 36.6 Å². The van der Waals surface area contributed by atoms with E-state index in [2.05, 4.69) is 23.7 Å². The lowest BCUT2D eigenvalue weighted by Crippen LogP contribution is -2.19. The molecule has 0 saturated heterocycles. The molecule has 1 N–H and O–H groups in total. The van der Waals surface area contributed by atoms with Crippen molar-refractivity contribution in [3.05, 3.63) is 48.0 Å². The molecule has 0 bridgehead atoms. The number of carbonyl (C=O) groups is 1. The Kier molecular flexibility index (Phi) is 3.62. The second-order valence-electron chi connectivity index (χ2n) is 4.16. The van der Waals surface area contributed by atoms with Gasteiger partial charge in [-0.15, -0.1) is 0 Å². The maximum Gasteiger partial charge on any atom is 0.243 e. The standard InChI is InChI=1S/C15H15NO/c1-2-15(17)16-11-14-9-7-13(8-10-14)6-5-12-3-4-12/h2,7-10,12H,1,3-4,11H2,(H,16,17). The molecule has 0 unspecified atom stereocenters. The van der Waals surface area contributed by atoms with E-state index in [1.54, 1.807) is 0 Å². The summed E-state index contributed by atoms with van der Waals surface area (Å²) in [5, 5.41) is 2.74. The van der Waals surface area contributed by atoms with Crippen LogP contribution in [-0.4, -0.2) is 5.91 Å². The Balaban J connectivity index is 1.91. The topological polar surface area (TPSA) is 29.1 Å². The summed E-state index contributed by atoms with van der Waals surface area (Å²) in [4.78, 5) is 11.0. The van der Waals surface area contributed by atoms with Crippen LogP contribution in [-0.2, 0) is 11.3 Å². The predicted octanol–water partition coefficient (Wildman–Crippen LogP) is 2.25. The predicted molar refractivity (Wildman–Crippen MR) is 68.1 cm³/mol. The van der Waals surface area contributed by atoms with Gasteiger partial charge in [0.15, 0.2) is 0 Å². The second kappa shape index (κ2) is 5.36. The van der Waals surface area contributed by atoms with Gasteiger partial charge in [-0.1, -0.05) is 30.6 Å². The smallest absolute Gasteiger partial charge is 0.243 e. The molecule has 1 aromatic rings. The highest BCUT2D eigenvalue weighted by Gasteiger charge is 2.17. The molecule has 0 radical (unpaired) electrons. The van der Waals surface area contributed by atoms with Crippen LogP contribution in [0, 0.1) is 17.8 Å². The summed E-state index contributed by atoms with van der Waals surface area (Å²) < 4.78 is 0. The third-order valence-corrected chi connectivity index (χ3v) is 2.60. The van der Waals surface area contributed by atoms with Gasteiger partial charge in [0.25, 0.3) is 0 Å². The lowest BCUT2D eigenvalue weighted by Gasteiger charge is -2.02. The first-order chi connectivity index (χ1) is 8.28. The van der Waals surface area contributed by atoms with Crippen molar-refractivity contribution in [3.63, 3.8) is 0 Å². The Morgan fingerprint density at radius 3 is 2.71 bits per heavy atom. The van der Waals surface area contributed by atoms with Crippen LogP contribution < -0.4 is 5.32 Å². The zero-order valence-corrected chi connectivity index (χ0v) is 9.70. The summed E-state index contributed by atoms with van der Waals surface area (Å²) in [6.45, 7) is 3.93. The van der Waals surface area contributed by atoms with Gasteiger partial charge in [-0.2, -0.15) is 0 Å². The Labute approximate surface area is 102 Å². The highest BCUT2D eigenvalue weighted by Crippen LogP contribution is 2.27. The summed E-state index contributed by atoms with van der Waals surface area (Å²) >= 11 is 0. The minimum Gasteiger partial charge on any atom is -0.348 e. The number of rotatable bonds is 3. The zero-order chi connectivity index (χ0) is 12.1. The van der Waals surface area contributed by atoms with E-state index in [0.717, 1.165) is 11.1 Å². The van der Waals surface area contributed by atoms with Crippen molar-refractivity contribution in [3.8, 4) is 11.8 Å². The molecule has 1 saturated carbocycles. The van der Waals surface area contributed by atoms with Gasteiger partial charge in [-0.3, -0.25) is 4.79 Å². The summed E-state index contributed by atoms with van der Waals surface area (Å²) in [7, 11) is 0. The fraction of sp³-hybridized carbons (Fsp3) is 0.267. The highest BCUT2D eigenvalue weighted by molar-refractivity contribution is 5.86. The molecule has 2 heteroatoms. The quantitative estimate of drug-likeness (QED) is 0.620. The average Bonchev–Trinajstić information content (AvgIpc) is 3.18. The Bertz CT molecular complexity index is 472. The van der Waals surface area contributed by atoms with Crippen molar-refractivity contribution >= 4 is 5.91 Å². The molecule has 2 nitrogen and oxygen atoms in total. The van der Waals surface area contributed by atoms with Crippen molar-refractivity contribution in [1.82, 2.24) is 5.32 Å². The molecule has 0 atom stereocenters. The minimum atomic E-state index is -0.150. The molecule has 86 valence electrons. The third kappa shape index (κ3) is 3.81. The number of benzene rings is 1. The first-order valence-electron chi connectivity index (χ1n) is 5.78. The van der Waals surface area contributed by atoms with E-state index >= 15 is 0 Å². The normalized spacial score (nSPS) is 13.4. The minimum absolute atomic E-state index is 0.150. The Morgan fingerprint density at radius 1 is 1.41 bits per heavy atom. The molecule has 0 spiro atoms. The summed E-state index contributed by atoms with van der Waals surface area (Å²) in [5.41, 5.74) is 2.10. The van der Waals surface area contributed by atoms with Crippen LogP contribution in [0.4, 0.5) is 0 Å². The van der Waals surface area contributed by atoms with Crippen LogP contribution in [0.1, 0.15) is 24.0 Å². The molecule has 17 heavy (non-hydrogen) atoms. The maximum absolute atomic E-state index is 11.0. The van der Waals surface area contributed by atoms with E-state index in [-0.39, 0.29) is 5.91 Å². The molecule has 1 fully saturated rings. The average molecular weight is 225 g/mol. The molecular formula is C15H15NO. The van der Waals surface area contributed by atoms with Crippen LogP contribution in [0.15, 0.2) is 36.9 Å². The van der Waals surface area contributed by atoms with Gasteiger partial charge in [0.1, 0.15) is 0 Å². The van der Waals surface area contributed by atoms with E-state index in [9.17, 15) is 4.79 Å². The fourth-order valence-corrected chi connectivity index (χ4v) is 1.38. The lowest BCUT2D eigenvalue weighted by molar-refractivity contribution is -0.116. The van der Waals surface area contributed by atoms with Crippen molar-refractivity contribution in [2.24, 2.45) is 5.92 Å². The molecule has 0 heterocycles. The zero-order valence-electron chi connectivity index (χ0n) is 9.70.